The van der Waals surface area contributed by atoms with E-state index in [0.29, 0.717) is 23.5 Å². The highest BCUT2D eigenvalue weighted by Crippen LogP contribution is 2.37. The minimum Gasteiger partial charge on any atom is -0.397 e. The topological polar surface area (TPSA) is 89.4 Å². The molecule has 1 aromatic heterocycles. The van der Waals surface area contributed by atoms with E-state index in [9.17, 15) is 9.59 Å². The molecule has 1 aromatic carbocycles. The number of carbonyl (C=O) groups excluding carboxylic acids is 2. The molecule has 1 atom stereocenters. The van der Waals surface area contributed by atoms with E-state index in [1.54, 1.807) is 4.90 Å². The quantitative estimate of drug-likeness (QED) is 0.853. The molecular weight excluding hydrogens is 354 g/mol. The van der Waals surface area contributed by atoms with Crippen molar-refractivity contribution >= 4 is 54.9 Å². The summed E-state index contributed by atoms with van der Waals surface area (Å²) in [5.41, 5.74) is 12.0. The third-order valence-electron chi connectivity index (χ3n) is 3.73. The Hall–Kier alpha value is -1.60. The molecule has 110 valence electrons. The number of benzene rings is 1. The molecule has 1 saturated heterocycles. The van der Waals surface area contributed by atoms with Gasteiger partial charge in [0.05, 0.1) is 5.69 Å². The van der Waals surface area contributed by atoms with Crippen molar-refractivity contribution < 1.29 is 9.59 Å². The first kappa shape index (κ1) is 14.3. The Morgan fingerprint density at radius 2 is 2.14 bits per heavy atom. The second-order valence-corrected chi connectivity index (χ2v) is 7.01. The molecule has 7 heteroatoms. The van der Waals surface area contributed by atoms with Crippen molar-refractivity contribution in [3.8, 4) is 0 Å². The third-order valence-corrected chi connectivity index (χ3v) is 5.38. The van der Waals surface area contributed by atoms with Crippen LogP contribution in [0.15, 0.2) is 22.7 Å². The average molecular weight is 368 g/mol. The van der Waals surface area contributed by atoms with Crippen LogP contribution in [0.25, 0.3) is 10.1 Å². The van der Waals surface area contributed by atoms with E-state index in [1.807, 2.05) is 18.2 Å². The fourth-order valence-corrected chi connectivity index (χ4v) is 4.32. The van der Waals surface area contributed by atoms with Gasteiger partial charge in [0, 0.05) is 21.1 Å². The van der Waals surface area contributed by atoms with Crippen molar-refractivity contribution in [1.29, 1.82) is 0 Å². The molecule has 3 rings (SSSR count). The molecule has 0 spiro atoms. The van der Waals surface area contributed by atoms with Gasteiger partial charge in [-0.3, -0.25) is 9.59 Å². The number of carbonyl (C=O) groups is 2. The number of anilines is 1. The van der Waals surface area contributed by atoms with Crippen LogP contribution >= 0.6 is 27.3 Å². The Labute approximate surface area is 134 Å². The Morgan fingerprint density at radius 1 is 1.38 bits per heavy atom. The molecule has 0 saturated carbocycles. The van der Waals surface area contributed by atoms with Crippen molar-refractivity contribution in [2.75, 3.05) is 12.3 Å². The molecule has 2 heterocycles. The highest BCUT2D eigenvalue weighted by molar-refractivity contribution is 9.10. The Morgan fingerprint density at radius 3 is 2.86 bits per heavy atom. The standard InChI is InChI=1S/C14H14BrN3O2S/c15-7-3-4-8-10(6-7)21-12(11(8)16)14(20)18-5-1-2-9(18)13(17)19/h3-4,6,9H,1-2,5,16H2,(H2,17,19). The number of thiophene rings is 1. The normalized spacial score (nSPS) is 18.3. The highest BCUT2D eigenvalue weighted by Gasteiger charge is 2.34. The van der Waals surface area contributed by atoms with Gasteiger partial charge in [0.1, 0.15) is 10.9 Å². The molecular formula is C14H14BrN3O2S. The van der Waals surface area contributed by atoms with E-state index in [-0.39, 0.29) is 5.91 Å². The summed E-state index contributed by atoms with van der Waals surface area (Å²) in [5.74, 6) is -0.658. The first-order chi connectivity index (χ1) is 9.99. The molecule has 5 nitrogen and oxygen atoms in total. The van der Waals surface area contributed by atoms with Gasteiger partial charge in [0.15, 0.2) is 0 Å². The highest BCUT2D eigenvalue weighted by atomic mass is 79.9. The lowest BCUT2D eigenvalue weighted by Crippen LogP contribution is -2.43. The molecule has 2 amide bonds. The molecule has 4 N–H and O–H groups in total. The number of rotatable bonds is 2. The van der Waals surface area contributed by atoms with Crippen molar-refractivity contribution in [2.45, 2.75) is 18.9 Å². The summed E-state index contributed by atoms with van der Waals surface area (Å²) in [6.45, 7) is 0.545. The van der Waals surface area contributed by atoms with Crippen molar-refractivity contribution in [3.05, 3.63) is 27.5 Å². The number of nitrogens with two attached hydrogens (primary N) is 2. The van der Waals surface area contributed by atoms with Crippen LogP contribution in [-0.2, 0) is 4.79 Å². The van der Waals surface area contributed by atoms with E-state index in [2.05, 4.69) is 15.9 Å². The zero-order valence-electron chi connectivity index (χ0n) is 11.1. The smallest absolute Gasteiger partial charge is 0.266 e. The number of hydrogen-bond donors (Lipinski definition) is 2. The maximum atomic E-state index is 12.7. The molecule has 1 unspecified atom stereocenters. The van der Waals surface area contributed by atoms with Crippen LogP contribution in [0.3, 0.4) is 0 Å². The summed E-state index contributed by atoms with van der Waals surface area (Å²) in [7, 11) is 0. The minimum absolute atomic E-state index is 0.203. The molecule has 1 fully saturated rings. The van der Waals surface area contributed by atoms with Crippen LogP contribution in [-0.4, -0.2) is 29.3 Å². The van der Waals surface area contributed by atoms with Crippen LogP contribution in [0.4, 0.5) is 5.69 Å². The largest absolute Gasteiger partial charge is 0.397 e. The zero-order valence-corrected chi connectivity index (χ0v) is 13.5. The SMILES string of the molecule is NC(=O)C1CCCN1C(=O)c1sc2cc(Br)ccc2c1N. The van der Waals surface area contributed by atoms with Crippen molar-refractivity contribution in [2.24, 2.45) is 5.73 Å². The van der Waals surface area contributed by atoms with E-state index >= 15 is 0 Å². The van der Waals surface area contributed by atoms with Crippen LogP contribution in [0, 0.1) is 0 Å². The maximum Gasteiger partial charge on any atom is 0.266 e. The molecule has 1 aliphatic heterocycles. The van der Waals surface area contributed by atoms with Gasteiger partial charge in [0.25, 0.3) is 5.91 Å². The van der Waals surface area contributed by atoms with Gasteiger partial charge in [0.2, 0.25) is 5.91 Å². The summed E-state index contributed by atoms with van der Waals surface area (Å²) in [5, 5.41) is 0.862. The number of fused-ring (bicyclic) bond motifs is 1. The summed E-state index contributed by atoms with van der Waals surface area (Å²) < 4.78 is 1.88. The van der Waals surface area contributed by atoms with Gasteiger partial charge >= 0.3 is 0 Å². The summed E-state index contributed by atoms with van der Waals surface area (Å²) >= 11 is 4.76. The number of hydrogen-bond acceptors (Lipinski definition) is 4. The van der Waals surface area contributed by atoms with Gasteiger partial charge in [-0.2, -0.15) is 0 Å². The average Bonchev–Trinajstić information content (AvgIpc) is 3.03. The first-order valence-electron chi connectivity index (χ1n) is 6.57. The monoisotopic (exact) mass is 367 g/mol. The van der Waals surface area contributed by atoms with Crippen LogP contribution in [0.1, 0.15) is 22.5 Å². The van der Waals surface area contributed by atoms with E-state index in [4.69, 9.17) is 11.5 Å². The minimum atomic E-state index is -0.520. The summed E-state index contributed by atoms with van der Waals surface area (Å²) in [4.78, 5) is 26.1. The fraction of sp³-hybridized carbons (Fsp3) is 0.286. The van der Waals surface area contributed by atoms with Gasteiger partial charge in [-0.25, -0.2) is 0 Å². The van der Waals surface area contributed by atoms with Crippen LogP contribution in [0.5, 0.6) is 0 Å². The lowest BCUT2D eigenvalue weighted by molar-refractivity contribution is -0.121. The second kappa shape index (κ2) is 5.31. The Balaban J connectivity index is 2.02. The number of amides is 2. The predicted molar refractivity (Wildman–Crippen MR) is 87.2 cm³/mol. The second-order valence-electron chi connectivity index (χ2n) is 5.04. The number of nitrogens with zero attached hydrogens (tertiary/aromatic N) is 1. The molecule has 21 heavy (non-hydrogen) atoms. The van der Waals surface area contributed by atoms with Gasteiger partial charge in [-0.15, -0.1) is 11.3 Å². The lowest BCUT2D eigenvalue weighted by Gasteiger charge is -2.21. The van der Waals surface area contributed by atoms with Crippen LogP contribution in [0.2, 0.25) is 0 Å². The fourth-order valence-electron chi connectivity index (χ4n) is 2.69. The van der Waals surface area contributed by atoms with Gasteiger partial charge in [-0.1, -0.05) is 22.0 Å². The maximum absolute atomic E-state index is 12.7. The Bertz CT molecular complexity index is 743. The number of halogens is 1. The zero-order chi connectivity index (χ0) is 15.1. The number of nitrogen functional groups attached to an aromatic ring is 1. The van der Waals surface area contributed by atoms with E-state index in [1.165, 1.54) is 11.3 Å². The number of primary amides is 1. The van der Waals surface area contributed by atoms with E-state index < -0.39 is 11.9 Å². The first-order valence-corrected chi connectivity index (χ1v) is 8.18. The van der Waals surface area contributed by atoms with Crippen molar-refractivity contribution in [3.63, 3.8) is 0 Å². The van der Waals surface area contributed by atoms with Crippen molar-refractivity contribution in [1.82, 2.24) is 4.90 Å². The predicted octanol–water partition coefficient (Wildman–Crippen LogP) is 2.34. The molecule has 2 aromatic rings. The third kappa shape index (κ3) is 2.40. The van der Waals surface area contributed by atoms with Gasteiger partial charge in [-0.05, 0) is 25.0 Å². The van der Waals surface area contributed by atoms with E-state index in [0.717, 1.165) is 21.0 Å². The van der Waals surface area contributed by atoms with Gasteiger partial charge < -0.3 is 16.4 Å². The lowest BCUT2D eigenvalue weighted by atomic mass is 10.2. The molecule has 0 radical (unpaired) electrons. The molecule has 0 aliphatic carbocycles. The molecule has 0 bridgehead atoms. The number of likely N-dealkylation sites (tertiary alicyclic amines) is 1. The Kier molecular flexibility index (Phi) is 3.62. The van der Waals surface area contributed by atoms with Crippen LogP contribution < -0.4 is 11.5 Å². The molecule has 1 aliphatic rings. The summed E-state index contributed by atoms with van der Waals surface area (Å²) in [6, 6.07) is 5.19. The summed E-state index contributed by atoms with van der Waals surface area (Å²) in [6.07, 6.45) is 1.41.